The fraction of sp³-hybridized carbons (Fsp3) is 0.167. The molecule has 0 fully saturated rings. The number of hydrogen-bond acceptors (Lipinski definition) is 3. The van der Waals surface area contributed by atoms with Gasteiger partial charge in [-0.3, -0.25) is 4.79 Å². The quantitative estimate of drug-likeness (QED) is 0.537. The van der Waals surface area contributed by atoms with Crippen LogP contribution >= 0.6 is 0 Å². The van der Waals surface area contributed by atoms with Gasteiger partial charge in [0.1, 0.15) is 0 Å². The number of carbonyl (C=O) groups excluding carboxylic acids is 2. The minimum Gasteiger partial charge on any atom is -0.463 e. The lowest BCUT2D eigenvalue weighted by atomic mass is 10.0. The standard InChI is InChI=1S/C12H10O3/c1-15-12(14)11(13)10-7-6-8-4-2-3-5-9(8)10/h2-5,7H,6H2,1H3. The van der Waals surface area contributed by atoms with E-state index in [1.54, 1.807) is 6.08 Å². The van der Waals surface area contributed by atoms with Gasteiger partial charge in [0.15, 0.2) is 0 Å². The Morgan fingerprint density at radius 3 is 2.73 bits per heavy atom. The van der Waals surface area contributed by atoms with Gasteiger partial charge < -0.3 is 4.74 Å². The van der Waals surface area contributed by atoms with E-state index in [2.05, 4.69) is 4.74 Å². The number of ether oxygens (including phenoxy) is 1. The van der Waals surface area contributed by atoms with Crippen LogP contribution in [-0.2, 0) is 20.7 Å². The number of fused-ring (bicyclic) bond motifs is 1. The fourth-order valence-electron chi connectivity index (χ4n) is 1.70. The highest BCUT2D eigenvalue weighted by molar-refractivity contribution is 6.52. The smallest absolute Gasteiger partial charge is 0.379 e. The molecule has 0 heterocycles. The van der Waals surface area contributed by atoms with Gasteiger partial charge in [-0.25, -0.2) is 4.79 Å². The minimum atomic E-state index is -0.807. The third-order valence-electron chi connectivity index (χ3n) is 2.45. The summed E-state index contributed by atoms with van der Waals surface area (Å²) < 4.78 is 4.41. The van der Waals surface area contributed by atoms with Gasteiger partial charge in [0.25, 0.3) is 5.78 Å². The number of benzene rings is 1. The van der Waals surface area contributed by atoms with Crippen molar-refractivity contribution < 1.29 is 14.3 Å². The second-order valence-corrected chi connectivity index (χ2v) is 3.30. The average molecular weight is 202 g/mol. The maximum absolute atomic E-state index is 11.6. The van der Waals surface area contributed by atoms with Gasteiger partial charge in [-0.05, 0) is 17.5 Å². The Kier molecular flexibility index (Phi) is 2.37. The highest BCUT2D eigenvalue weighted by atomic mass is 16.5. The van der Waals surface area contributed by atoms with E-state index in [0.717, 1.165) is 11.1 Å². The number of carbonyl (C=O) groups is 2. The van der Waals surface area contributed by atoms with Crippen molar-refractivity contribution in [1.82, 2.24) is 0 Å². The van der Waals surface area contributed by atoms with E-state index in [-0.39, 0.29) is 0 Å². The van der Waals surface area contributed by atoms with Crippen LogP contribution in [-0.4, -0.2) is 18.9 Å². The Bertz CT molecular complexity index is 458. The van der Waals surface area contributed by atoms with E-state index in [1.807, 2.05) is 24.3 Å². The summed E-state index contributed by atoms with van der Waals surface area (Å²) >= 11 is 0. The Balaban J connectivity index is 2.35. The predicted molar refractivity (Wildman–Crippen MR) is 55.1 cm³/mol. The van der Waals surface area contributed by atoms with Gasteiger partial charge >= 0.3 is 5.97 Å². The molecular formula is C12H10O3. The summed E-state index contributed by atoms with van der Waals surface area (Å²) in [7, 11) is 1.21. The lowest BCUT2D eigenvalue weighted by Crippen LogP contribution is -2.16. The third-order valence-corrected chi connectivity index (χ3v) is 2.45. The lowest BCUT2D eigenvalue weighted by molar-refractivity contribution is -0.148. The Morgan fingerprint density at radius 2 is 2.00 bits per heavy atom. The number of Topliss-reactive ketones (excluding diaryl/α,β-unsaturated/α-hetero) is 1. The zero-order valence-corrected chi connectivity index (χ0v) is 8.32. The summed E-state index contributed by atoms with van der Waals surface area (Å²) in [5.74, 6) is -1.37. The second-order valence-electron chi connectivity index (χ2n) is 3.30. The maximum atomic E-state index is 11.6. The first kappa shape index (κ1) is 9.65. The molecule has 0 aromatic heterocycles. The summed E-state index contributed by atoms with van der Waals surface area (Å²) in [5.41, 5.74) is 2.37. The van der Waals surface area contributed by atoms with Crippen molar-refractivity contribution in [2.45, 2.75) is 6.42 Å². The largest absolute Gasteiger partial charge is 0.463 e. The number of methoxy groups -OCH3 is 1. The number of ketones is 1. The van der Waals surface area contributed by atoms with Gasteiger partial charge in [0, 0.05) is 5.57 Å². The van der Waals surface area contributed by atoms with Crippen molar-refractivity contribution in [2.75, 3.05) is 7.11 Å². The van der Waals surface area contributed by atoms with Crippen molar-refractivity contribution in [3.05, 3.63) is 41.5 Å². The zero-order chi connectivity index (χ0) is 10.8. The maximum Gasteiger partial charge on any atom is 0.379 e. The molecule has 1 aromatic rings. The van der Waals surface area contributed by atoms with Gasteiger partial charge in [-0.1, -0.05) is 30.3 Å². The third kappa shape index (κ3) is 1.56. The van der Waals surface area contributed by atoms with Crippen LogP contribution in [0, 0.1) is 0 Å². The van der Waals surface area contributed by atoms with E-state index in [9.17, 15) is 9.59 Å². The van der Waals surface area contributed by atoms with E-state index in [0.29, 0.717) is 12.0 Å². The Labute approximate surface area is 87.4 Å². The first-order valence-corrected chi connectivity index (χ1v) is 4.65. The van der Waals surface area contributed by atoms with E-state index < -0.39 is 11.8 Å². The van der Waals surface area contributed by atoms with Crippen LogP contribution in [0.3, 0.4) is 0 Å². The molecule has 0 radical (unpaired) electrons. The van der Waals surface area contributed by atoms with Crippen LogP contribution < -0.4 is 0 Å². The first-order valence-electron chi connectivity index (χ1n) is 4.65. The Morgan fingerprint density at radius 1 is 1.27 bits per heavy atom. The van der Waals surface area contributed by atoms with E-state index in [1.165, 1.54) is 7.11 Å². The molecule has 0 spiro atoms. The molecule has 0 aliphatic heterocycles. The molecule has 0 unspecified atom stereocenters. The molecule has 0 amide bonds. The van der Waals surface area contributed by atoms with Gasteiger partial charge in [-0.2, -0.15) is 0 Å². The molecule has 3 nitrogen and oxygen atoms in total. The minimum absolute atomic E-state index is 0.456. The van der Waals surface area contributed by atoms with Crippen molar-refractivity contribution in [3.63, 3.8) is 0 Å². The van der Waals surface area contributed by atoms with Gasteiger partial charge in [-0.15, -0.1) is 0 Å². The molecule has 1 aliphatic rings. The molecule has 0 bridgehead atoms. The lowest BCUT2D eigenvalue weighted by Gasteiger charge is -2.02. The molecule has 76 valence electrons. The van der Waals surface area contributed by atoms with Crippen LogP contribution in [0.4, 0.5) is 0 Å². The summed E-state index contributed by atoms with van der Waals surface area (Å²) in [4.78, 5) is 22.7. The molecule has 0 atom stereocenters. The second kappa shape index (κ2) is 3.69. The average Bonchev–Trinajstić information content (AvgIpc) is 2.70. The highest BCUT2D eigenvalue weighted by Crippen LogP contribution is 2.27. The van der Waals surface area contributed by atoms with Crippen molar-refractivity contribution >= 4 is 17.3 Å². The monoisotopic (exact) mass is 202 g/mol. The van der Waals surface area contributed by atoms with Crippen LogP contribution in [0.1, 0.15) is 11.1 Å². The SMILES string of the molecule is COC(=O)C(=O)C1=CCc2ccccc21. The number of esters is 1. The fourth-order valence-corrected chi connectivity index (χ4v) is 1.70. The number of rotatable bonds is 2. The normalized spacial score (nSPS) is 13.0. The first-order chi connectivity index (χ1) is 7.24. The predicted octanol–water partition coefficient (Wildman–Crippen LogP) is 1.37. The molecule has 1 aromatic carbocycles. The van der Waals surface area contributed by atoms with Crippen LogP contribution in [0.5, 0.6) is 0 Å². The van der Waals surface area contributed by atoms with Crippen LogP contribution in [0.2, 0.25) is 0 Å². The number of hydrogen-bond donors (Lipinski definition) is 0. The molecule has 0 N–H and O–H groups in total. The van der Waals surface area contributed by atoms with Crippen LogP contribution in [0.25, 0.3) is 5.57 Å². The van der Waals surface area contributed by atoms with Crippen molar-refractivity contribution in [2.24, 2.45) is 0 Å². The molecule has 15 heavy (non-hydrogen) atoms. The van der Waals surface area contributed by atoms with E-state index >= 15 is 0 Å². The van der Waals surface area contributed by atoms with Crippen molar-refractivity contribution in [1.29, 1.82) is 0 Å². The summed E-state index contributed by atoms with van der Waals surface area (Å²) in [6.07, 6.45) is 2.47. The molecule has 0 saturated heterocycles. The topological polar surface area (TPSA) is 43.4 Å². The summed E-state index contributed by atoms with van der Waals surface area (Å²) in [6.45, 7) is 0. The van der Waals surface area contributed by atoms with Gasteiger partial charge in [0.2, 0.25) is 0 Å². The zero-order valence-electron chi connectivity index (χ0n) is 8.32. The molecule has 0 saturated carbocycles. The molecular weight excluding hydrogens is 192 g/mol. The van der Waals surface area contributed by atoms with Crippen LogP contribution in [0.15, 0.2) is 30.3 Å². The van der Waals surface area contributed by atoms with Crippen molar-refractivity contribution in [3.8, 4) is 0 Å². The molecule has 1 aliphatic carbocycles. The summed E-state index contributed by atoms with van der Waals surface area (Å²) in [5, 5.41) is 0. The Hall–Kier alpha value is -1.90. The molecule has 3 heteroatoms. The number of allylic oxidation sites excluding steroid dienone is 1. The molecule has 2 rings (SSSR count). The van der Waals surface area contributed by atoms with Gasteiger partial charge in [0.05, 0.1) is 7.11 Å². The van der Waals surface area contributed by atoms with E-state index in [4.69, 9.17) is 0 Å². The highest BCUT2D eigenvalue weighted by Gasteiger charge is 2.25. The summed E-state index contributed by atoms with van der Waals surface area (Å²) in [6, 6.07) is 7.55.